The number of benzene rings is 4. The summed E-state index contributed by atoms with van der Waals surface area (Å²) in [7, 11) is 1.98. The average molecular weight is 874 g/mol. The largest absolute Gasteiger partial charge is 0.492 e. The van der Waals surface area contributed by atoms with Gasteiger partial charge >= 0.3 is 0 Å². The highest BCUT2D eigenvalue weighted by molar-refractivity contribution is 6.13. The first-order chi connectivity index (χ1) is 31.6. The summed E-state index contributed by atoms with van der Waals surface area (Å²) >= 11 is 0. The van der Waals surface area contributed by atoms with E-state index in [2.05, 4.69) is 46.0 Å². The van der Waals surface area contributed by atoms with Crippen LogP contribution in [-0.2, 0) is 55.5 Å². The van der Waals surface area contributed by atoms with E-state index in [1.807, 2.05) is 115 Å². The molecule has 2 aromatic heterocycles. The molecule has 0 spiro atoms. The molecule has 12 heteroatoms. The maximum atomic E-state index is 15.4. The molecule has 65 heavy (non-hydrogen) atoms. The number of para-hydroxylation sites is 1. The van der Waals surface area contributed by atoms with Crippen molar-refractivity contribution in [2.45, 2.75) is 72.6 Å². The zero-order valence-electron chi connectivity index (χ0n) is 38.2. The predicted molar refractivity (Wildman–Crippen MR) is 253 cm³/mol. The zero-order valence-corrected chi connectivity index (χ0v) is 38.2. The Morgan fingerprint density at radius 2 is 1.58 bits per heavy atom. The van der Waals surface area contributed by atoms with Gasteiger partial charge in [0.2, 0.25) is 5.91 Å². The van der Waals surface area contributed by atoms with Gasteiger partial charge in [0.05, 0.1) is 36.6 Å². The van der Waals surface area contributed by atoms with Crippen LogP contribution in [0.2, 0.25) is 0 Å². The van der Waals surface area contributed by atoms with Crippen molar-refractivity contribution in [1.29, 1.82) is 0 Å². The molecule has 0 saturated carbocycles. The maximum Gasteiger partial charge on any atom is 0.258 e. The van der Waals surface area contributed by atoms with Crippen LogP contribution in [-0.4, -0.2) is 98.8 Å². The molecule has 1 fully saturated rings. The minimum atomic E-state index is -0.235. The number of rotatable bonds is 12. The van der Waals surface area contributed by atoms with Gasteiger partial charge in [-0.05, 0) is 105 Å². The summed E-state index contributed by atoms with van der Waals surface area (Å²) in [4.78, 5) is 50.2. The molecular weight excluding hydrogens is 815 g/mol. The van der Waals surface area contributed by atoms with E-state index in [9.17, 15) is 9.59 Å². The third-order valence-corrected chi connectivity index (χ3v) is 13.5. The monoisotopic (exact) mass is 873 g/mol. The van der Waals surface area contributed by atoms with Crippen LogP contribution in [0.5, 0.6) is 5.75 Å². The van der Waals surface area contributed by atoms with Crippen LogP contribution in [0.15, 0.2) is 97.2 Å². The molecule has 6 aromatic rings. The average Bonchev–Trinajstić information content (AvgIpc) is 3.83. The molecule has 4 aromatic carbocycles. The van der Waals surface area contributed by atoms with Gasteiger partial charge in [0.1, 0.15) is 12.4 Å². The Bertz CT molecular complexity index is 2710. The normalized spacial score (nSPS) is 16.2. The quantitative estimate of drug-likeness (QED) is 0.133. The van der Waals surface area contributed by atoms with Crippen molar-refractivity contribution in [3.63, 3.8) is 0 Å². The van der Waals surface area contributed by atoms with Crippen LogP contribution in [0.3, 0.4) is 0 Å². The predicted octanol–water partition coefficient (Wildman–Crippen LogP) is 7.87. The molecule has 3 aliphatic heterocycles. The molecule has 9 rings (SSSR count). The summed E-state index contributed by atoms with van der Waals surface area (Å²) in [6, 6.07) is 29.8. The van der Waals surface area contributed by atoms with Crippen molar-refractivity contribution in [3.05, 3.63) is 148 Å². The van der Waals surface area contributed by atoms with Crippen molar-refractivity contribution in [3.8, 4) is 28.1 Å². The number of fused-ring (bicyclic) bond motifs is 2. The second-order valence-electron chi connectivity index (χ2n) is 17.7. The summed E-state index contributed by atoms with van der Waals surface area (Å²) in [6.07, 6.45) is 3.65. The zero-order chi connectivity index (χ0) is 45.2. The number of nitrogens with zero attached hydrogens (tertiary/aromatic N) is 6. The summed E-state index contributed by atoms with van der Waals surface area (Å²) in [5.41, 5.74) is 11.8. The van der Waals surface area contributed by atoms with E-state index in [1.54, 1.807) is 0 Å². The number of hydrogen-bond acceptors (Lipinski definition) is 7. The summed E-state index contributed by atoms with van der Waals surface area (Å²) in [5.74, 6) is 0.506. The molecule has 0 radical (unpaired) electrons. The molecule has 0 aliphatic carbocycles. The molecular formula is C53H59N7O5. The lowest BCUT2D eigenvalue weighted by Gasteiger charge is -2.36. The number of carbonyl (C=O) groups is 3. The van der Waals surface area contributed by atoms with E-state index in [0.717, 1.165) is 101 Å². The van der Waals surface area contributed by atoms with Gasteiger partial charge in [0.15, 0.2) is 0 Å². The van der Waals surface area contributed by atoms with Gasteiger partial charge in [0.25, 0.3) is 11.8 Å². The topological polar surface area (TPSA) is 114 Å². The number of anilines is 1. The van der Waals surface area contributed by atoms with Crippen LogP contribution in [0.4, 0.5) is 5.69 Å². The number of ether oxygens (including phenoxy) is 2. The van der Waals surface area contributed by atoms with Crippen molar-refractivity contribution >= 4 is 23.4 Å². The molecule has 1 N–H and O–H groups in total. The van der Waals surface area contributed by atoms with Crippen molar-refractivity contribution < 1.29 is 23.9 Å². The lowest BCUT2D eigenvalue weighted by molar-refractivity contribution is -0.131. The Kier molecular flexibility index (Phi) is 12.7. The van der Waals surface area contributed by atoms with E-state index in [-0.39, 0.29) is 30.2 Å². The van der Waals surface area contributed by atoms with E-state index < -0.39 is 0 Å². The molecule has 12 nitrogen and oxygen atoms in total. The fourth-order valence-electron chi connectivity index (χ4n) is 9.71. The molecule has 1 atom stereocenters. The molecule has 3 amide bonds. The van der Waals surface area contributed by atoms with E-state index in [4.69, 9.17) is 14.6 Å². The van der Waals surface area contributed by atoms with Crippen molar-refractivity contribution in [2.75, 3.05) is 51.3 Å². The smallest absolute Gasteiger partial charge is 0.258 e. The minimum Gasteiger partial charge on any atom is -0.492 e. The fraction of sp³-hybridized carbons (Fsp3) is 0.358. The summed E-state index contributed by atoms with van der Waals surface area (Å²) < 4.78 is 15.4. The summed E-state index contributed by atoms with van der Waals surface area (Å²) in [6.45, 7) is 15.0. The van der Waals surface area contributed by atoms with Gasteiger partial charge in [-0.3, -0.25) is 24.0 Å². The molecule has 336 valence electrons. The third-order valence-electron chi connectivity index (χ3n) is 13.5. The number of amides is 3. The molecule has 0 unspecified atom stereocenters. The van der Waals surface area contributed by atoms with E-state index in [0.29, 0.717) is 56.0 Å². The lowest BCUT2D eigenvalue weighted by atomic mass is 9.87. The highest BCUT2D eigenvalue weighted by atomic mass is 16.5. The number of nitrogens with one attached hydrogen (secondary N) is 1. The van der Waals surface area contributed by atoms with Gasteiger partial charge < -0.3 is 29.2 Å². The van der Waals surface area contributed by atoms with Gasteiger partial charge in [-0.15, -0.1) is 0 Å². The van der Waals surface area contributed by atoms with Crippen LogP contribution in [0.25, 0.3) is 22.4 Å². The van der Waals surface area contributed by atoms with Crippen LogP contribution < -0.4 is 10.1 Å². The second-order valence-corrected chi connectivity index (χ2v) is 17.7. The van der Waals surface area contributed by atoms with Crippen LogP contribution in [0, 0.1) is 13.8 Å². The maximum absolute atomic E-state index is 15.4. The van der Waals surface area contributed by atoms with Crippen molar-refractivity contribution in [2.24, 2.45) is 7.05 Å². The first-order valence-corrected chi connectivity index (χ1v) is 23.0. The molecule has 1 saturated heterocycles. The fourth-order valence-corrected chi connectivity index (χ4v) is 9.71. The highest BCUT2D eigenvalue weighted by Crippen LogP contribution is 2.43. The SMILES string of the molecule is CCn1cc(-c2c(C(=O)Nc3ccccc3)c(C)n(C)c2-c2cc3c(cc2C(=O)N2Cc4ccccc4C[C@H]2C)CN(C(=O)Cc2ccc(OCCN4CCOCC4)cc2)CC3)c(C)n1. The first kappa shape index (κ1) is 43.7. The summed E-state index contributed by atoms with van der Waals surface area (Å²) in [5, 5.41) is 7.98. The Labute approximate surface area is 381 Å². The number of morpholine rings is 1. The standard InChI is InChI=1S/C53H59N7O5/c1-6-59-34-47(36(3)55-59)50-49(52(62)54-43-14-8-7-9-15-43)37(4)56(5)51(50)45-30-40-20-21-58(48(61)29-38-16-18-44(19-17-38)65-27-24-57-22-25-64-26-23-57)32-42(40)31-46(45)53(63)60-33-41-13-11-10-12-39(41)28-35(60)2/h7-19,30-31,34-35H,6,20-29,32-33H2,1-5H3,(H,54,62)/t35-/m1/s1. The molecule has 3 aliphatic rings. The van der Waals surface area contributed by atoms with Gasteiger partial charge in [0, 0.05) is 98.7 Å². The van der Waals surface area contributed by atoms with Gasteiger partial charge in [-0.25, -0.2) is 0 Å². The second kappa shape index (κ2) is 18.9. The highest BCUT2D eigenvalue weighted by Gasteiger charge is 2.35. The minimum absolute atomic E-state index is 0.0349. The number of hydrogen-bond donors (Lipinski definition) is 1. The van der Waals surface area contributed by atoms with Gasteiger partial charge in [-0.1, -0.05) is 54.6 Å². The Balaban J connectivity index is 1.07. The lowest BCUT2D eigenvalue weighted by Crippen LogP contribution is -2.43. The van der Waals surface area contributed by atoms with Crippen LogP contribution >= 0.6 is 0 Å². The number of aromatic nitrogens is 3. The number of carbonyl (C=O) groups excluding carboxylic acids is 3. The third kappa shape index (κ3) is 9.10. The Hall–Kier alpha value is -6.50. The van der Waals surface area contributed by atoms with Gasteiger partial charge in [-0.2, -0.15) is 5.10 Å². The Morgan fingerprint density at radius 3 is 2.32 bits per heavy atom. The molecule has 5 heterocycles. The van der Waals surface area contributed by atoms with E-state index >= 15 is 4.79 Å². The first-order valence-electron chi connectivity index (χ1n) is 23.0. The van der Waals surface area contributed by atoms with E-state index in [1.165, 1.54) is 5.56 Å². The molecule has 0 bridgehead atoms. The Morgan fingerprint density at radius 1 is 0.846 bits per heavy atom. The number of aryl methyl sites for hydroxylation is 2. The van der Waals surface area contributed by atoms with Crippen LogP contribution in [0.1, 0.15) is 73.8 Å². The van der Waals surface area contributed by atoms with Crippen molar-refractivity contribution in [1.82, 2.24) is 29.0 Å².